The molecule has 0 heterocycles. The van der Waals surface area contributed by atoms with E-state index in [1.54, 1.807) is 12.1 Å². The van der Waals surface area contributed by atoms with Gasteiger partial charge >= 0.3 is 0 Å². The molecule has 0 radical (unpaired) electrons. The predicted molar refractivity (Wildman–Crippen MR) is 80.1 cm³/mol. The number of hydrogen-bond acceptors (Lipinski definition) is 3. The van der Waals surface area contributed by atoms with Gasteiger partial charge in [0.25, 0.3) is 0 Å². The Labute approximate surface area is 120 Å². The van der Waals surface area contributed by atoms with Crippen LogP contribution in [-0.2, 0) is 14.8 Å². The molecule has 0 saturated carbocycles. The van der Waals surface area contributed by atoms with Crippen molar-refractivity contribution in [1.82, 2.24) is 4.31 Å². The summed E-state index contributed by atoms with van der Waals surface area (Å²) in [5.74, 6) is -0.655. The molecule has 0 atom stereocenters. The first kappa shape index (κ1) is 16.4. The Hall–Kier alpha value is -1.66. The van der Waals surface area contributed by atoms with Crippen molar-refractivity contribution in [1.29, 1.82) is 0 Å². The first-order valence-electron chi connectivity index (χ1n) is 6.47. The fourth-order valence-corrected chi connectivity index (χ4v) is 2.81. The van der Waals surface area contributed by atoms with E-state index in [0.29, 0.717) is 13.0 Å². The second kappa shape index (κ2) is 7.81. The summed E-state index contributed by atoms with van der Waals surface area (Å²) in [5.41, 5.74) is 5.88. The molecule has 0 aliphatic rings. The van der Waals surface area contributed by atoms with Crippen LogP contribution in [0.4, 0.5) is 0 Å². The molecular weight excluding hydrogens is 276 g/mol. The molecule has 1 rings (SSSR count). The summed E-state index contributed by atoms with van der Waals surface area (Å²) in [6, 6.07) is 9.11. The quantitative estimate of drug-likeness (QED) is 0.790. The summed E-state index contributed by atoms with van der Waals surface area (Å²) in [7, 11) is -3.64. The summed E-state index contributed by atoms with van der Waals surface area (Å²) >= 11 is 0. The number of nitrogens with zero attached hydrogens (tertiary/aromatic N) is 1. The highest BCUT2D eigenvalue weighted by Crippen LogP contribution is 2.09. The van der Waals surface area contributed by atoms with Crippen LogP contribution in [0.25, 0.3) is 6.08 Å². The summed E-state index contributed by atoms with van der Waals surface area (Å²) in [4.78, 5) is 11.0. The van der Waals surface area contributed by atoms with Crippen molar-refractivity contribution in [2.45, 2.75) is 19.8 Å². The molecule has 0 unspecified atom stereocenters. The highest BCUT2D eigenvalue weighted by molar-refractivity contribution is 7.92. The smallest absolute Gasteiger partial charge is 0.236 e. The lowest BCUT2D eigenvalue weighted by Crippen LogP contribution is -2.38. The molecule has 2 N–H and O–H groups in total. The Morgan fingerprint density at radius 1 is 1.30 bits per heavy atom. The zero-order valence-electron chi connectivity index (χ0n) is 11.5. The predicted octanol–water partition coefficient (Wildman–Crippen LogP) is 1.57. The number of rotatable bonds is 8. The van der Waals surface area contributed by atoms with Gasteiger partial charge in [0.2, 0.25) is 15.9 Å². The zero-order valence-corrected chi connectivity index (χ0v) is 12.3. The number of benzene rings is 1. The molecule has 0 fully saturated rings. The fourth-order valence-electron chi connectivity index (χ4n) is 1.62. The molecule has 1 amide bonds. The summed E-state index contributed by atoms with van der Waals surface area (Å²) in [6.45, 7) is 1.96. The van der Waals surface area contributed by atoms with E-state index in [1.165, 1.54) is 6.08 Å². The van der Waals surface area contributed by atoms with E-state index in [-0.39, 0.29) is 6.54 Å². The van der Waals surface area contributed by atoms with E-state index in [2.05, 4.69) is 0 Å². The zero-order chi connectivity index (χ0) is 15.0. The van der Waals surface area contributed by atoms with Gasteiger partial charge in [-0.05, 0) is 18.1 Å². The van der Waals surface area contributed by atoms with Gasteiger partial charge in [-0.1, -0.05) is 43.7 Å². The lowest BCUT2D eigenvalue weighted by molar-refractivity contribution is -0.118. The average molecular weight is 296 g/mol. The van der Waals surface area contributed by atoms with Crippen molar-refractivity contribution in [2.75, 3.05) is 13.1 Å². The third kappa shape index (κ3) is 5.54. The standard InChI is InChI=1S/C14H20N2O3S/c1-2-3-10-16(12-14(15)17)20(18,19)11-9-13-7-5-4-6-8-13/h4-9,11H,2-3,10,12H2,1H3,(H2,15,17). The first-order valence-corrected chi connectivity index (χ1v) is 7.97. The third-order valence-electron chi connectivity index (χ3n) is 2.69. The van der Waals surface area contributed by atoms with Crippen LogP contribution in [0, 0.1) is 0 Å². The minimum atomic E-state index is -3.64. The largest absolute Gasteiger partial charge is 0.369 e. The van der Waals surface area contributed by atoms with E-state index in [0.717, 1.165) is 21.7 Å². The summed E-state index contributed by atoms with van der Waals surface area (Å²) in [5, 5.41) is 1.11. The van der Waals surface area contributed by atoms with Crippen LogP contribution in [0.5, 0.6) is 0 Å². The Kier molecular flexibility index (Phi) is 6.41. The van der Waals surface area contributed by atoms with Gasteiger partial charge in [-0.2, -0.15) is 4.31 Å². The van der Waals surface area contributed by atoms with E-state index in [1.807, 2.05) is 25.1 Å². The number of nitrogens with two attached hydrogens (primary N) is 1. The fraction of sp³-hybridized carbons (Fsp3) is 0.357. The Bertz CT molecular complexity index is 553. The van der Waals surface area contributed by atoms with Crippen LogP contribution < -0.4 is 5.73 Å². The molecule has 1 aromatic rings. The molecule has 0 aromatic heterocycles. The van der Waals surface area contributed by atoms with E-state index in [4.69, 9.17) is 5.73 Å². The monoisotopic (exact) mass is 296 g/mol. The van der Waals surface area contributed by atoms with Gasteiger partial charge in [0.1, 0.15) is 0 Å². The molecule has 5 nitrogen and oxygen atoms in total. The van der Waals surface area contributed by atoms with Gasteiger partial charge in [-0.15, -0.1) is 0 Å². The van der Waals surface area contributed by atoms with Gasteiger partial charge < -0.3 is 5.73 Å². The van der Waals surface area contributed by atoms with Crippen LogP contribution in [0.15, 0.2) is 35.7 Å². The average Bonchev–Trinajstić information content (AvgIpc) is 2.42. The van der Waals surface area contributed by atoms with Gasteiger partial charge in [0, 0.05) is 12.0 Å². The van der Waals surface area contributed by atoms with Crippen LogP contribution in [0.3, 0.4) is 0 Å². The van der Waals surface area contributed by atoms with Crippen molar-refractivity contribution >= 4 is 22.0 Å². The van der Waals surface area contributed by atoms with Gasteiger partial charge in [0.15, 0.2) is 0 Å². The Balaban J connectivity index is 2.86. The normalized spacial score (nSPS) is 12.1. The highest BCUT2D eigenvalue weighted by atomic mass is 32.2. The van der Waals surface area contributed by atoms with Gasteiger partial charge in [-0.3, -0.25) is 4.79 Å². The molecule has 0 saturated heterocycles. The van der Waals surface area contributed by atoms with E-state index >= 15 is 0 Å². The minimum Gasteiger partial charge on any atom is -0.369 e. The Morgan fingerprint density at radius 2 is 1.95 bits per heavy atom. The maximum atomic E-state index is 12.2. The Morgan fingerprint density at radius 3 is 2.50 bits per heavy atom. The van der Waals surface area contributed by atoms with Crippen molar-refractivity contribution in [3.05, 3.63) is 41.3 Å². The molecule has 0 aliphatic carbocycles. The summed E-state index contributed by atoms with van der Waals surface area (Å²) in [6.07, 6.45) is 3.04. The maximum Gasteiger partial charge on any atom is 0.236 e. The maximum absolute atomic E-state index is 12.2. The lowest BCUT2D eigenvalue weighted by atomic mass is 10.2. The van der Waals surface area contributed by atoms with Gasteiger partial charge in [-0.25, -0.2) is 8.42 Å². The molecule has 6 heteroatoms. The molecular formula is C14H20N2O3S. The van der Waals surface area contributed by atoms with Crippen LogP contribution in [0.2, 0.25) is 0 Å². The number of carbonyl (C=O) groups is 1. The number of primary amides is 1. The number of carbonyl (C=O) groups excluding carboxylic acids is 1. The third-order valence-corrected chi connectivity index (χ3v) is 4.20. The number of amides is 1. The van der Waals surface area contributed by atoms with Crippen LogP contribution >= 0.6 is 0 Å². The number of hydrogen-bond donors (Lipinski definition) is 1. The van der Waals surface area contributed by atoms with Crippen molar-refractivity contribution < 1.29 is 13.2 Å². The highest BCUT2D eigenvalue weighted by Gasteiger charge is 2.20. The number of unbranched alkanes of at least 4 members (excludes halogenated alkanes) is 1. The van der Waals surface area contributed by atoms with Crippen molar-refractivity contribution in [3.63, 3.8) is 0 Å². The van der Waals surface area contributed by atoms with Crippen LogP contribution in [-0.4, -0.2) is 31.7 Å². The van der Waals surface area contributed by atoms with E-state index < -0.39 is 15.9 Å². The lowest BCUT2D eigenvalue weighted by Gasteiger charge is -2.18. The topological polar surface area (TPSA) is 80.5 Å². The van der Waals surface area contributed by atoms with Gasteiger partial charge in [0.05, 0.1) is 6.54 Å². The second-order valence-corrected chi connectivity index (χ2v) is 6.23. The van der Waals surface area contributed by atoms with E-state index in [9.17, 15) is 13.2 Å². The SMILES string of the molecule is CCCCN(CC(N)=O)S(=O)(=O)C=Cc1ccccc1. The summed E-state index contributed by atoms with van der Waals surface area (Å²) < 4.78 is 25.5. The second-order valence-electron chi connectivity index (χ2n) is 4.41. The van der Waals surface area contributed by atoms with Crippen molar-refractivity contribution in [2.24, 2.45) is 5.73 Å². The molecule has 0 bridgehead atoms. The van der Waals surface area contributed by atoms with Crippen molar-refractivity contribution in [3.8, 4) is 0 Å². The molecule has 0 aliphatic heterocycles. The first-order chi connectivity index (χ1) is 9.45. The molecule has 110 valence electrons. The number of sulfonamides is 1. The molecule has 20 heavy (non-hydrogen) atoms. The van der Waals surface area contributed by atoms with Crippen LogP contribution in [0.1, 0.15) is 25.3 Å². The minimum absolute atomic E-state index is 0.290. The molecule has 0 spiro atoms. The molecule has 1 aromatic carbocycles.